The van der Waals surface area contributed by atoms with Gasteiger partial charge in [-0.25, -0.2) is 0 Å². The van der Waals surface area contributed by atoms with E-state index in [4.69, 9.17) is 0 Å². The second-order valence-corrected chi connectivity index (χ2v) is 3.45. The summed E-state index contributed by atoms with van der Waals surface area (Å²) in [7, 11) is 0. The Morgan fingerprint density at radius 2 is 1.87 bits per heavy atom. The number of phenolic OH excluding ortho intramolecular Hbond substituents is 1. The van der Waals surface area contributed by atoms with Crippen LogP contribution in [0.5, 0.6) is 5.75 Å². The molecule has 80 valence electrons. The van der Waals surface area contributed by atoms with Crippen LogP contribution in [0.15, 0.2) is 43.5 Å². The molecule has 0 spiro atoms. The lowest BCUT2D eigenvalue weighted by molar-refractivity contribution is 0.475. The number of rotatable bonds is 5. The normalized spacial score (nSPS) is 9.67. The standard InChI is InChI=1S/C13H17NO/c1-4-8-14(9-5-2)13-7-6-12(15)10-11(13)3/h4-7,10,15H,1-2,8-9H2,3H3. The smallest absolute Gasteiger partial charge is 0.115 e. The molecule has 0 aromatic heterocycles. The molecule has 0 bridgehead atoms. The van der Waals surface area contributed by atoms with Gasteiger partial charge in [0.05, 0.1) is 0 Å². The first-order valence-electron chi connectivity index (χ1n) is 4.95. The van der Waals surface area contributed by atoms with E-state index in [9.17, 15) is 5.11 Å². The molecule has 0 unspecified atom stereocenters. The molecule has 1 rings (SSSR count). The van der Waals surface area contributed by atoms with Gasteiger partial charge in [0.1, 0.15) is 5.75 Å². The van der Waals surface area contributed by atoms with Crippen molar-refractivity contribution >= 4 is 5.69 Å². The van der Waals surface area contributed by atoms with Crippen molar-refractivity contribution in [2.24, 2.45) is 0 Å². The van der Waals surface area contributed by atoms with Gasteiger partial charge in [-0.15, -0.1) is 13.2 Å². The van der Waals surface area contributed by atoms with Crippen molar-refractivity contribution in [2.45, 2.75) is 6.92 Å². The zero-order valence-corrected chi connectivity index (χ0v) is 9.11. The third kappa shape index (κ3) is 2.88. The Morgan fingerprint density at radius 1 is 1.27 bits per heavy atom. The molecule has 0 aliphatic rings. The monoisotopic (exact) mass is 203 g/mol. The molecule has 0 aliphatic heterocycles. The average Bonchev–Trinajstić information content (AvgIpc) is 2.17. The van der Waals surface area contributed by atoms with Crippen molar-refractivity contribution in [3.63, 3.8) is 0 Å². The molecule has 0 heterocycles. The predicted molar refractivity (Wildman–Crippen MR) is 65.5 cm³/mol. The third-order valence-electron chi connectivity index (χ3n) is 2.22. The van der Waals surface area contributed by atoms with Crippen LogP contribution in [0.3, 0.4) is 0 Å². The van der Waals surface area contributed by atoms with Gasteiger partial charge in [-0.2, -0.15) is 0 Å². The highest BCUT2D eigenvalue weighted by molar-refractivity contribution is 5.56. The minimum atomic E-state index is 0.299. The molecular formula is C13H17NO. The van der Waals surface area contributed by atoms with Crippen molar-refractivity contribution in [3.8, 4) is 5.75 Å². The fraction of sp³-hybridized carbons (Fsp3) is 0.231. The lowest BCUT2D eigenvalue weighted by Gasteiger charge is -2.23. The van der Waals surface area contributed by atoms with Gasteiger partial charge in [-0.3, -0.25) is 0 Å². The van der Waals surface area contributed by atoms with Gasteiger partial charge in [-0.1, -0.05) is 12.2 Å². The quantitative estimate of drug-likeness (QED) is 0.744. The molecule has 0 aliphatic carbocycles. The van der Waals surface area contributed by atoms with Crippen LogP contribution in [0.1, 0.15) is 5.56 Å². The summed E-state index contributed by atoms with van der Waals surface area (Å²) in [5.74, 6) is 0.299. The van der Waals surface area contributed by atoms with Crippen LogP contribution >= 0.6 is 0 Å². The van der Waals surface area contributed by atoms with Crippen LogP contribution in [0, 0.1) is 6.92 Å². The summed E-state index contributed by atoms with van der Waals surface area (Å²) in [6.07, 6.45) is 3.71. The number of aryl methyl sites for hydroxylation is 1. The zero-order valence-electron chi connectivity index (χ0n) is 9.11. The topological polar surface area (TPSA) is 23.5 Å². The SMILES string of the molecule is C=CCN(CC=C)c1ccc(O)cc1C. The van der Waals surface area contributed by atoms with Crippen LogP contribution in [-0.2, 0) is 0 Å². The van der Waals surface area contributed by atoms with Crippen LogP contribution in [-0.4, -0.2) is 18.2 Å². The number of nitrogens with zero attached hydrogens (tertiary/aromatic N) is 1. The highest BCUT2D eigenvalue weighted by Crippen LogP contribution is 2.23. The van der Waals surface area contributed by atoms with Gasteiger partial charge < -0.3 is 10.0 Å². The van der Waals surface area contributed by atoms with E-state index in [0.29, 0.717) is 5.75 Å². The predicted octanol–water partition coefficient (Wildman–Crippen LogP) is 2.88. The van der Waals surface area contributed by atoms with Gasteiger partial charge in [0.15, 0.2) is 0 Å². The van der Waals surface area contributed by atoms with E-state index in [1.807, 2.05) is 25.1 Å². The largest absolute Gasteiger partial charge is 0.508 e. The number of benzene rings is 1. The van der Waals surface area contributed by atoms with E-state index in [0.717, 1.165) is 24.3 Å². The molecule has 0 saturated heterocycles. The first kappa shape index (κ1) is 11.4. The van der Waals surface area contributed by atoms with E-state index in [-0.39, 0.29) is 0 Å². The van der Waals surface area contributed by atoms with Crippen molar-refractivity contribution in [1.82, 2.24) is 0 Å². The van der Waals surface area contributed by atoms with Gasteiger partial charge >= 0.3 is 0 Å². The highest BCUT2D eigenvalue weighted by Gasteiger charge is 2.06. The van der Waals surface area contributed by atoms with Crippen molar-refractivity contribution in [2.75, 3.05) is 18.0 Å². The molecule has 2 heteroatoms. The van der Waals surface area contributed by atoms with E-state index in [2.05, 4.69) is 18.1 Å². The Morgan fingerprint density at radius 3 is 2.33 bits per heavy atom. The Kier molecular flexibility index (Phi) is 3.98. The molecule has 1 N–H and O–H groups in total. The molecule has 15 heavy (non-hydrogen) atoms. The molecule has 0 atom stereocenters. The molecule has 0 radical (unpaired) electrons. The lowest BCUT2D eigenvalue weighted by atomic mass is 10.1. The Hall–Kier alpha value is -1.70. The summed E-state index contributed by atoms with van der Waals surface area (Å²) in [5, 5.41) is 9.32. The van der Waals surface area contributed by atoms with E-state index in [1.54, 1.807) is 12.1 Å². The zero-order chi connectivity index (χ0) is 11.3. The van der Waals surface area contributed by atoms with Crippen LogP contribution < -0.4 is 4.90 Å². The Labute approximate surface area is 91.2 Å². The average molecular weight is 203 g/mol. The lowest BCUT2D eigenvalue weighted by Crippen LogP contribution is -2.23. The molecule has 0 amide bonds. The summed E-state index contributed by atoms with van der Waals surface area (Å²) in [6, 6.07) is 5.37. The van der Waals surface area contributed by atoms with E-state index >= 15 is 0 Å². The molecule has 0 saturated carbocycles. The summed E-state index contributed by atoms with van der Waals surface area (Å²) < 4.78 is 0. The molecule has 1 aromatic rings. The highest BCUT2D eigenvalue weighted by atomic mass is 16.3. The van der Waals surface area contributed by atoms with Gasteiger partial charge in [0.25, 0.3) is 0 Å². The second-order valence-electron chi connectivity index (χ2n) is 3.45. The Balaban J connectivity index is 2.98. The van der Waals surface area contributed by atoms with Gasteiger partial charge in [-0.05, 0) is 30.7 Å². The van der Waals surface area contributed by atoms with Crippen molar-refractivity contribution in [1.29, 1.82) is 0 Å². The first-order valence-corrected chi connectivity index (χ1v) is 4.95. The van der Waals surface area contributed by atoms with E-state index in [1.165, 1.54) is 0 Å². The maximum atomic E-state index is 9.32. The minimum Gasteiger partial charge on any atom is -0.508 e. The maximum Gasteiger partial charge on any atom is 0.115 e. The Bertz CT molecular complexity index is 348. The summed E-state index contributed by atoms with van der Waals surface area (Å²) in [4.78, 5) is 2.15. The summed E-state index contributed by atoms with van der Waals surface area (Å²) in [5.41, 5.74) is 2.16. The number of aromatic hydroxyl groups is 1. The van der Waals surface area contributed by atoms with Crippen LogP contribution in [0.25, 0.3) is 0 Å². The first-order chi connectivity index (χ1) is 7.19. The fourth-order valence-corrected chi connectivity index (χ4v) is 1.58. The number of hydrogen-bond acceptors (Lipinski definition) is 2. The van der Waals surface area contributed by atoms with Crippen LogP contribution in [0.4, 0.5) is 5.69 Å². The molecule has 2 nitrogen and oxygen atoms in total. The van der Waals surface area contributed by atoms with E-state index < -0.39 is 0 Å². The summed E-state index contributed by atoms with van der Waals surface area (Å²) >= 11 is 0. The number of anilines is 1. The number of hydrogen-bond donors (Lipinski definition) is 1. The number of phenols is 1. The minimum absolute atomic E-state index is 0.299. The maximum absolute atomic E-state index is 9.32. The molecule has 0 fully saturated rings. The molecular weight excluding hydrogens is 186 g/mol. The fourth-order valence-electron chi connectivity index (χ4n) is 1.58. The van der Waals surface area contributed by atoms with Gasteiger partial charge in [0.2, 0.25) is 0 Å². The molecule has 1 aromatic carbocycles. The second kappa shape index (κ2) is 5.25. The summed E-state index contributed by atoms with van der Waals surface area (Å²) in [6.45, 7) is 11.0. The van der Waals surface area contributed by atoms with Crippen molar-refractivity contribution in [3.05, 3.63) is 49.1 Å². The van der Waals surface area contributed by atoms with Crippen LogP contribution in [0.2, 0.25) is 0 Å². The third-order valence-corrected chi connectivity index (χ3v) is 2.22. The van der Waals surface area contributed by atoms with Crippen molar-refractivity contribution < 1.29 is 5.11 Å². The van der Waals surface area contributed by atoms with Gasteiger partial charge in [0, 0.05) is 18.8 Å².